The number of hydrogen-bond donors (Lipinski definition) is 2. The molecule has 1 aliphatic heterocycles. The van der Waals surface area contributed by atoms with Gasteiger partial charge in [-0.3, -0.25) is 4.79 Å². The first-order valence-electron chi connectivity index (χ1n) is 8.55. The molecule has 4 rings (SSSR count). The Kier molecular flexibility index (Phi) is 4.57. The monoisotopic (exact) mass is 362 g/mol. The third-order valence-electron chi connectivity index (χ3n) is 4.00. The van der Waals surface area contributed by atoms with Gasteiger partial charge in [-0.15, -0.1) is 0 Å². The fraction of sp³-hybridized carbons (Fsp3) is 0.150. The molecule has 2 N–H and O–H groups in total. The summed E-state index contributed by atoms with van der Waals surface area (Å²) in [4.78, 5) is 20.2. The van der Waals surface area contributed by atoms with Crippen molar-refractivity contribution in [3.05, 3.63) is 60.3 Å². The summed E-state index contributed by atoms with van der Waals surface area (Å²) in [5, 5.41) is 6.35. The van der Waals surface area contributed by atoms with Crippen LogP contribution in [0.2, 0.25) is 0 Å². The number of nitrogens with one attached hydrogen (secondary N) is 2. The van der Waals surface area contributed by atoms with E-state index in [2.05, 4.69) is 20.6 Å². The van der Waals surface area contributed by atoms with Gasteiger partial charge in [-0.05, 0) is 37.3 Å². The normalized spacial score (nSPS) is 12.3. The Labute approximate surface area is 156 Å². The minimum Gasteiger partial charge on any atom is -0.486 e. The largest absolute Gasteiger partial charge is 0.486 e. The highest BCUT2D eigenvalue weighted by atomic mass is 16.6. The van der Waals surface area contributed by atoms with E-state index >= 15 is 0 Å². The van der Waals surface area contributed by atoms with Crippen molar-refractivity contribution in [2.45, 2.75) is 6.92 Å². The van der Waals surface area contributed by atoms with E-state index in [1.807, 2.05) is 30.3 Å². The van der Waals surface area contributed by atoms with Crippen molar-refractivity contribution < 1.29 is 14.3 Å². The van der Waals surface area contributed by atoms with Crippen molar-refractivity contribution in [3.63, 3.8) is 0 Å². The second kappa shape index (κ2) is 7.33. The molecule has 0 amide bonds. The van der Waals surface area contributed by atoms with Crippen LogP contribution in [0, 0.1) is 0 Å². The van der Waals surface area contributed by atoms with Crippen LogP contribution in [0.15, 0.2) is 54.7 Å². The van der Waals surface area contributed by atoms with Gasteiger partial charge < -0.3 is 20.1 Å². The van der Waals surface area contributed by atoms with Gasteiger partial charge >= 0.3 is 0 Å². The number of hydrogen-bond acceptors (Lipinski definition) is 7. The zero-order valence-electron chi connectivity index (χ0n) is 14.7. The van der Waals surface area contributed by atoms with Crippen molar-refractivity contribution in [2.75, 3.05) is 23.8 Å². The van der Waals surface area contributed by atoms with Crippen LogP contribution in [0.5, 0.6) is 11.5 Å². The summed E-state index contributed by atoms with van der Waals surface area (Å²) < 4.78 is 11.1. The Morgan fingerprint density at radius 3 is 2.63 bits per heavy atom. The summed E-state index contributed by atoms with van der Waals surface area (Å²) in [6.45, 7) is 2.63. The highest BCUT2D eigenvalue weighted by Gasteiger charge is 2.12. The maximum absolute atomic E-state index is 11.5. The van der Waals surface area contributed by atoms with Gasteiger partial charge in [-0.25, -0.2) is 4.98 Å². The van der Waals surface area contributed by atoms with Gasteiger partial charge in [-0.1, -0.05) is 12.1 Å². The van der Waals surface area contributed by atoms with Gasteiger partial charge in [0.2, 0.25) is 5.95 Å². The number of fused-ring (bicyclic) bond motifs is 1. The molecule has 0 saturated carbocycles. The first kappa shape index (κ1) is 16.8. The highest BCUT2D eigenvalue weighted by Crippen LogP contribution is 2.33. The number of rotatable bonds is 5. The van der Waals surface area contributed by atoms with Crippen LogP contribution in [0.3, 0.4) is 0 Å². The molecule has 7 heteroatoms. The van der Waals surface area contributed by atoms with Gasteiger partial charge in [-0.2, -0.15) is 4.98 Å². The predicted molar refractivity (Wildman–Crippen MR) is 102 cm³/mol. The van der Waals surface area contributed by atoms with E-state index in [0.717, 1.165) is 17.1 Å². The molecule has 0 fully saturated rings. The summed E-state index contributed by atoms with van der Waals surface area (Å²) in [6.07, 6.45) is 1.66. The zero-order valence-corrected chi connectivity index (χ0v) is 14.7. The van der Waals surface area contributed by atoms with E-state index in [0.29, 0.717) is 36.3 Å². The average Bonchev–Trinajstić information content (AvgIpc) is 2.68. The van der Waals surface area contributed by atoms with E-state index < -0.39 is 0 Å². The smallest absolute Gasteiger partial charge is 0.229 e. The lowest BCUT2D eigenvalue weighted by Crippen LogP contribution is -2.15. The third kappa shape index (κ3) is 3.98. The molecule has 2 heterocycles. The Balaban J connectivity index is 1.51. The van der Waals surface area contributed by atoms with Crippen LogP contribution in [0.1, 0.15) is 17.3 Å². The molecule has 1 aromatic heterocycles. The maximum Gasteiger partial charge on any atom is 0.229 e. The molecule has 0 saturated heterocycles. The SMILES string of the molecule is CC(=O)c1cccc(Nc2ccnc(Nc3ccc4c(c3)OCCO4)n2)c1. The Bertz CT molecular complexity index is 990. The lowest BCUT2D eigenvalue weighted by atomic mass is 10.1. The number of carbonyl (C=O) groups excluding carboxylic acids is 1. The number of ether oxygens (including phenoxy) is 2. The van der Waals surface area contributed by atoms with Crippen LogP contribution in [0.4, 0.5) is 23.1 Å². The van der Waals surface area contributed by atoms with E-state index in [1.54, 1.807) is 31.3 Å². The predicted octanol–water partition coefficient (Wildman–Crippen LogP) is 3.94. The van der Waals surface area contributed by atoms with Crippen molar-refractivity contribution in [3.8, 4) is 11.5 Å². The summed E-state index contributed by atoms with van der Waals surface area (Å²) in [5.41, 5.74) is 2.23. The summed E-state index contributed by atoms with van der Waals surface area (Å²) >= 11 is 0. The number of Topliss-reactive ketones (excluding diaryl/α,β-unsaturated/α-hetero) is 1. The van der Waals surface area contributed by atoms with E-state index in [4.69, 9.17) is 9.47 Å². The molecule has 0 spiro atoms. The average molecular weight is 362 g/mol. The fourth-order valence-corrected chi connectivity index (χ4v) is 2.70. The first-order chi connectivity index (χ1) is 13.2. The van der Waals surface area contributed by atoms with Crippen LogP contribution in [-0.4, -0.2) is 29.0 Å². The molecule has 3 aromatic rings. The van der Waals surface area contributed by atoms with E-state index in [1.165, 1.54) is 0 Å². The minimum absolute atomic E-state index is 0.0160. The molecule has 0 radical (unpaired) electrons. The molecule has 1 aliphatic rings. The molecule has 0 bridgehead atoms. The van der Waals surface area contributed by atoms with Crippen molar-refractivity contribution in [1.82, 2.24) is 9.97 Å². The van der Waals surface area contributed by atoms with Gasteiger partial charge in [0, 0.05) is 29.2 Å². The topological polar surface area (TPSA) is 85.4 Å². The zero-order chi connectivity index (χ0) is 18.6. The summed E-state index contributed by atoms with van der Waals surface area (Å²) in [7, 11) is 0. The molecule has 2 aromatic carbocycles. The molecule has 0 aliphatic carbocycles. The van der Waals surface area contributed by atoms with Crippen LogP contribution in [0.25, 0.3) is 0 Å². The number of anilines is 4. The standard InChI is InChI=1S/C20H18N4O3/c1-13(25)14-3-2-4-15(11-14)22-19-7-8-21-20(24-19)23-16-5-6-17-18(12-16)27-10-9-26-17/h2-8,11-12H,9-10H2,1H3,(H2,21,22,23,24). The molecule has 0 atom stereocenters. The Morgan fingerprint density at radius 1 is 0.963 bits per heavy atom. The van der Waals surface area contributed by atoms with Crippen LogP contribution < -0.4 is 20.1 Å². The Morgan fingerprint density at radius 2 is 1.78 bits per heavy atom. The molecule has 136 valence electrons. The summed E-state index contributed by atoms with van der Waals surface area (Å²) in [5.74, 6) is 2.50. The van der Waals surface area contributed by atoms with Gasteiger partial charge in [0.15, 0.2) is 17.3 Å². The van der Waals surface area contributed by atoms with E-state index in [9.17, 15) is 4.79 Å². The molecular formula is C20H18N4O3. The van der Waals surface area contributed by atoms with E-state index in [-0.39, 0.29) is 5.78 Å². The molecule has 0 unspecified atom stereocenters. The number of carbonyl (C=O) groups is 1. The summed E-state index contributed by atoms with van der Waals surface area (Å²) in [6, 6.07) is 14.6. The molecule has 27 heavy (non-hydrogen) atoms. The van der Waals surface area contributed by atoms with Crippen LogP contribution >= 0.6 is 0 Å². The number of aromatic nitrogens is 2. The third-order valence-corrected chi connectivity index (χ3v) is 4.00. The van der Waals surface area contributed by atoms with Crippen molar-refractivity contribution in [1.29, 1.82) is 0 Å². The second-order valence-electron chi connectivity index (χ2n) is 6.01. The van der Waals surface area contributed by atoms with Gasteiger partial charge in [0.1, 0.15) is 19.0 Å². The number of ketones is 1. The fourth-order valence-electron chi connectivity index (χ4n) is 2.70. The lowest BCUT2D eigenvalue weighted by molar-refractivity contribution is 0.101. The van der Waals surface area contributed by atoms with Crippen molar-refractivity contribution in [2.24, 2.45) is 0 Å². The quantitative estimate of drug-likeness (QED) is 0.665. The minimum atomic E-state index is 0.0160. The Hall–Kier alpha value is -3.61. The van der Waals surface area contributed by atoms with Gasteiger partial charge in [0.05, 0.1) is 0 Å². The number of benzene rings is 2. The number of nitrogens with zero attached hydrogens (tertiary/aromatic N) is 2. The molecular weight excluding hydrogens is 344 g/mol. The maximum atomic E-state index is 11.5. The molecule has 7 nitrogen and oxygen atoms in total. The second-order valence-corrected chi connectivity index (χ2v) is 6.01. The van der Waals surface area contributed by atoms with Crippen molar-refractivity contribution >= 4 is 28.9 Å². The van der Waals surface area contributed by atoms with Gasteiger partial charge in [0.25, 0.3) is 0 Å². The lowest BCUT2D eigenvalue weighted by Gasteiger charge is -2.19. The van der Waals surface area contributed by atoms with Crippen LogP contribution in [-0.2, 0) is 0 Å². The highest BCUT2D eigenvalue weighted by molar-refractivity contribution is 5.95. The first-order valence-corrected chi connectivity index (χ1v) is 8.55.